The Labute approximate surface area is 121 Å². The van der Waals surface area contributed by atoms with Crippen molar-refractivity contribution in [2.75, 3.05) is 13.6 Å². The zero-order valence-corrected chi connectivity index (χ0v) is 13.3. The van der Waals surface area contributed by atoms with Crippen LogP contribution in [0.2, 0.25) is 0 Å². The van der Waals surface area contributed by atoms with Crippen molar-refractivity contribution in [3.8, 4) is 0 Å². The van der Waals surface area contributed by atoms with Crippen LogP contribution in [0.5, 0.6) is 0 Å². The van der Waals surface area contributed by atoms with Crippen LogP contribution >= 0.6 is 0 Å². The molecule has 1 aromatic rings. The van der Waals surface area contributed by atoms with Gasteiger partial charge in [0.05, 0.1) is 4.90 Å². The molecule has 0 saturated heterocycles. The highest BCUT2D eigenvalue weighted by molar-refractivity contribution is 7.89. The maximum absolute atomic E-state index is 12.3. The lowest BCUT2D eigenvalue weighted by Gasteiger charge is -2.11. The van der Waals surface area contributed by atoms with E-state index in [2.05, 4.69) is 17.0 Å². The first-order valence-corrected chi connectivity index (χ1v) is 8.79. The molecule has 1 fully saturated rings. The monoisotopic (exact) mass is 299 g/mol. The number of rotatable bonds is 8. The molecule has 1 aromatic heterocycles. The molecule has 0 bridgehead atoms. The number of sulfonamides is 1. The molecule has 114 valence electrons. The minimum Gasteiger partial charge on any atom is -0.349 e. The first-order valence-electron chi connectivity index (χ1n) is 7.31. The van der Waals surface area contributed by atoms with Gasteiger partial charge in [-0.25, -0.2) is 13.1 Å². The van der Waals surface area contributed by atoms with Gasteiger partial charge in [-0.1, -0.05) is 6.92 Å². The van der Waals surface area contributed by atoms with Gasteiger partial charge < -0.3 is 9.88 Å². The topological polar surface area (TPSA) is 63.1 Å². The van der Waals surface area contributed by atoms with Crippen LogP contribution in [0.25, 0.3) is 0 Å². The van der Waals surface area contributed by atoms with Crippen LogP contribution < -0.4 is 10.0 Å². The summed E-state index contributed by atoms with van der Waals surface area (Å²) < 4.78 is 29.4. The van der Waals surface area contributed by atoms with E-state index >= 15 is 0 Å². The summed E-state index contributed by atoms with van der Waals surface area (Å²) in [6.45, 7) is 6.10. The third kappa shape index (κ3) is 3.62. The average Bonchev–Trinajstić information content (AvgIpc) is 3.18. The second-order valence-electron chi connectivity index (χ2n) is 5.65. The standard InChI is InChI=1S/C14H25N3O2S/c1-4-17-10-14(7-13(17)9-15-3)20(18,19)16-8-11(2)12-5-6-12/h7,10-12,15-16H,4-6,8-9H2,1-3H3. The van der Waals surface area contributed by atoms with Crippen LogP contribution in [0.4, 0.5) is 0 Å². The molecule has 1 unspecified atom stereocenters. The zero-order chi connectivity index (χ0) is 14.8. The summed E-state index contributed by atoms with van der Waals surface area (Å²) in [6.07, 6.45) is 4.19. The van der Waals surface area contributed by atoms with E-state index < -0.39 is 10.0 Å². The van der Waals surface area contributed by atoms with Crippen molar-refractivity contribution in [1.29, 1.82) is 0 Å². The molecule has 2 rings (SSSR count). The molecule has 0 aliphatic heterocycles. The predicted octanol–water partition coefficient (Wildman–Crippen LogP) is 1.55. The molecule has 1 saturated carbocycles. The highest BCUT2D eigenvalue weighted by Gasteiger charge is 2.29. The first-order chi connectivity index (χ1) is 9.47. The normalized spacial score (nSPS) is 17.4. The van der Waals surface area contributed by atoms with Crippen molar-refractivity contribution < 1.29 is 8.42 Å². The number of aryl methyl sites for hydroxylation is 1. The van der Waals surface area contributed by atoms with Crippen molar-refractivity contribution in [3.05, 3.63) is 18.0 Å². The lowest BCUT2D eigenvalue weighted by atomic mass is 10.1. The Hall–Kier alpha value is -0.850. The number of nitrogens with one attached hydrogen (secondary N) is 2. The molecular formula is C14H25N3O2S. The Balaban J connectivity index is 2.07. The van der Waals surface area contributed by atoms with Gasteiger partial charge in [0, 0.05) is 31.5 Å². The van der Waals surface area contributed by atoms with E-state index in [1.54, 1.807) is 12.3 Å². The average molecular weight is 299 g/mol. The third-order valence-electron chi connectivity index (χ3n) is 3.99. The van der Waals surface area contributed by atoms with E-state index in [0.29, 0.717) is 29.8 Å². The fourth-order valence-corrected chi connectivity index (χ4v) is 3.66. The van der Waals surface area contributed by atoms with Gasteiger partial charge in [-0.3, -0.25) is 0 Å². The summed E-state index contributed by atoms with van der Waals surface area (Å²) in [7, 11) is -1.53. The van der Waals surface area contributed by atoms with E-state index in [-0.39, 0.29) is 0 Å². The van der Waals surface area contributed by atoms with Crippen LogP contribution in [0, 0.1) is 11.8 Å². The van der Waals surface area contributed by atoms with Crippen LogP contribution in [-0.4, -0.2) is 26.6 Å². The van der Waals surface area contributed by atoms with Gasteiger partial charge >= 0.3 is 0 Å². The Morgan fingerprint density at radius 1 is 1.45 bits per heavy atom. The lowest BCUT2D eigenvalue weighted by molar-refractivity contribution is 0.492. The zero-order valence-electron chi connectivity index (χ0n) is 12.5. The highest BCUT2D eigenvalue weighted by atomic mass is 32.2. The van der Waals surface area contributed by atoms with E-state index in [1.165, 1.54) is 12.8 Å². The molecule has 6 heteroatoms. The van der Waals surface area contributed by atoms with Crippen molar-refractivity contribution in [1.82, 2.24) is 14.6 Å². The first kappa shape index (κ1) is 15.5. The SMILES string of the molecule is CCn1cc(S(=O)(=O)NCC(C)C2CC2)cc1CNC. The molecule has 2 N–H and O–H groups in total. The maximum atomic E-state index is 12.3. The fourth-order valence-electron chi connectivity index (χ4n) is 2.45. The minimum absolute atomic E-state index is 0.368. The van der Waals surface area contributed by atoms with Crippen LogP contribution in [0.1, 0.15) is 32.4 Å². The molecule has 0 spiro atoms. The van der Waals surface area contributed by atoms with Crippen LogP contribution in [-0.2, 0) is 23.1 Å². The van der Waals surface area contributed by atoms with E-state index in [4.69, 9.17) is 0 Å². The molecule has 0 radical (unpaired) electrons. The van der Waals surface area contributed by atoms with Gasteiger partial charge in [-0.15, -0.1) is 0 Å². The third-order valence-corrected chi connectivity index (χ3v) is 5.38. The number of aromatic nitrogens is 1. The van der Waals surface area contributed by atoms with E-state index in [9.17, 15) is 8.42 Å². The Morgan fingerprint density at radius 2 is 2.15 bits per heavy atom. The van der Waals surface area contributed by atoms with Crippen molar-refractivity contribution >= 4 is 10.0 Å². The minimum atomic E-state index is -3.39. The second kappa shape index (κ2) is 6.28. The second-order valence-corrected chi connectivity index (χ2v) is 7.42. The van der Waals surface area contributed by atoms with Gasteiger partial charge in [0.15, 0.2) is 0 Å². The smallest absolute Gasteiger partial charge is 0.242 e. The molecule has 0 amide bonds. The lowest BCUT2D eigenvalue weighted by Crippen LogP contribution is -2.29. The van der Waals surface area contributed by atoms with Gasteiger partial charge in [0.2, 0.25) is 10.0 Å². The molecule has 0 aromatic carbocycles. The highest BCUT2D eigenvalue weighted by Crippen LogP contribution is 2.36. The predicted molar refractivity (Wildman–Crippen MR) is 79.9 cm³/mol. The molecule has 1 heterocycles. The summed E-state index contributed by atoms with van der Waals surface area (Å²) in [5.41, 5.74) is 0.991. The summed E-state index contributed by atoms with van der Waals surface area (Å²) >= 11 is 0. The van der Waals surface area contributed by atoms with Crippen molar-refractivity contribution in [2.24, 2.45) is 11.8 Å². The molecule has 20 heavy (non-hydrogen) atoms. The van der Waals surface area contributed by atoms with Crippen LogP contribution in [0.15, 0.2) is 17.2 Å². The van der Waals surface area contributed by atoms with Gasteiger partial charge in [0.25, 0.3) is 0 Å². The summed E-state index contributed by atoms with van der Waals surface area (Å²) in [6, 6.07) is 1.75. The molecule has 5 nitrogen and oxygen atoms in total. The van der Waals surface area contributed by atoms with Gasteiger partial charge in [-0.05, 0) is 44.7 Å². The van der Waals surface area contributed by atoms with Crippen LogP contribution in [0.3, 0.4) is 0 Å². The Bertz CT molecular complexity index is 547. The van der Waals surface area contributed by atoms with E-state index in [1.807, 2.05) is 18.5 Å². The van der Waals surface area contributed by atoms with Gasteiger partial charge in [0.1, 0.15) is 0 Å². The quantitative estimate of drug-likeness (QED) is 0.765. The van der Waals surface area contributed by atoms with Crippen molar-refractivity contribution in [2.45, 2.75) is 44.7 Å². The number of hydrogen-bond acceptors (Lipinski definition) is 3. The Morgan fingerprint density at radius 3 is 2.70 bits per heavy atom. The van der Waals surface area contributed by atoms with Crippen molar-refractivity contribution in [3.63, 3.8) is 0 Å². The molecule has 1 aliphatic rings. The fraction of sp³-hybridized carbons (Fsp3) is 0.714. The summed E-state index contributed by atoms with van der Waals surface area (Å²) in [5.74, 6) is 1.13. The molecule has 1 atom stereocenters. The Kier molecular flexibility index (Phi) is 4.88. The number of nitrogens with zero attached hydrogens (tertiary/aromatic N) is 1. The number of hydrogen-bond donors (Lipinski definition) is 2. The van der Waals surface area contributed by atoms with E-state index in [0.717, 1.165) is 12.2 Å². The molecule has 1 aliphatic carbocycles. The maximum Gasteiger partial charge on any atom is 0.242 e. The summed E-state index contributed by atoms with van der Waals surface area (Å²) in [4.78, 5) is 0.368. The molecular weight excluding hydrogens is 274 g/mol. The largest absolute Gasteiger partial charge is 0.349 e. The van der Waals surface area contributed by atoms with Gasteiger partial charge in [-0.2, -0.15) is 0 Å². The summed E-state index contributed by atoms with van der Waals surface area (Å²) in [5, 5.41) is 3.06.